The number of benzene rings is 2. The predicted octanol–water partition coefficient (Wildman–Crippen LogP) is 3.28. The summed E-state index contributed by atoms with van der Waals surface area (Å²) in [5.41, 5.74) is 3.10. The topological polar surface area (TPSA) is 87.5 Å². The minimum Gasteiger partial charge on any atom is -0.309 e. The summed E-state index contributed by atoms with van der Waals surface area (Å²) in [5.74, 6) is -0.0926. The molecule has 1 N–H and O–H groups in total. The molecule has 1 amide bonds. The minimum absolute atomic E-state index is 0.183. The van der Waals surface area contributed by atoms with Gasteiger partial charge in [0.15, 0.2) is 5.82 Å². The van der Waals surface area contributed by atoms with Gasteiger partial charge in [-0.2, -0.15) is 5.10 Å². The summed E-state index contributed by atoms with van der Waals surface area (Å²) in [5, 5.41) is 7.54. The van der Waals surface area contributed by atoms with E-state index < -0.39 is 15.9 Å². The van der Waals surface area contributed by atoms with Crippen molar-refractivity contribution in [3.63, 3.8) is 0 Å². The van der Waals surface area contributed by atoms with E-state index in [1.165, 1.54) is 36.1 Å². The lowest BCUT2D eigenvalue weighted by molar-refractivity contribution is -0.117. The highest BCUT2D eigenvalue weighted by atomic mass is 32.2. The van der Waals surface area contributed by atoms with Crippen LogP contribution in [0.15, 0.2) is 65.6 Å². The first-order valence-corrected chi connectivity index (χ1v) is 12.8. The van der Waals surface area contributed by atoms with Crippen LogP contribution >= 0.6 is 0 Å². The highest BCUT2D eigenvalue weighted by Gasteiger charge is 2.22. The van der Waals surface area contributed by atoms with Crippen molar-refractivity contribution in [3.8, 4) is 0 Å². The van der Waals surface area contributed by atoms with Crippen molar-refractivity contribution < 1.29 is 13.2 Å². The fourth-order valence-electron chi connectivity index (χ4n) is 4.09. The van der Waals surface area contributed by atoms with Crippen molar-refractivity contribution in [2.45, 2.75) is 43.8 Å². The Morgan fingerprint density at radius 1 is 1.09 bits per heavy atom. The number of carbonyl (C=O) groups is 1. The summed E-state index contributed by atoms with van der Waals surface area (Å²) in [6.07, 6.45) is 0.994. The lowest BCUT2D eigenvalue weighted by Gasteiger charge is -2.19. The van der Waals surface area contributed by atoms with E-state index in [-0.39, 0.29) is 10.8 Å². The molecule has 0 bridgehead atoms. The third-order valence-corrected chi connectivity index (χ3v) is 7.97. The van der Waals surface area contributed by atoms with E-state index in [0.717, 1.165) is 43.9 Å². The molecule has 2 heterocycles. The molecule has 8 nitrogen and oxygen atoms in total. The summed E-state index contributed by atoms with van der Waals surface area (Å²) < 4.78 is 27.7. The molecule has 1 unspecified atom stereocenters. The van der Waals surface area contributed by atoms with Gasteiger partial charge in [-0.05, 0) is 36.6 Å². The van der Waals surface area contributed by atoms with Crippen LogP contribution in [0, 0.1) is 0 Å². The van der Waals surface area contributed by atoms with Crippen LogP contribution in [0.4, 0.5) is 5.82 Å². The third-order valence-electron chi connectivity index (χ3n) is 6.15. The van der Waals surface area contributed by atoms with E-state index in [4.69, 9.17) is 0 Å². The summed E-state index contributed by atoms with van der Waals surface area (Å²) in [7, 11) is -0.516. The zero-order valence-electron chi connectivity index (χ0n) is 19.8. The molecular formula is C25H31N5O3S. The van der Waals surface area contributed by atoms with Crippen molar-refractivity contribution in [1.82, 2.24) is 19.0 Å². The Morgan fingerprint density at radius 2 is 1.79 bits per heavy atom. The number of aryl methyl sites for hydroxylation is 1. The zero-order valence-corrected chi connectivity index (χ0v) is 20.6. The molecule has 0 saturated heterocycles. The van der Waals surface area contributed by atoms with Crippen LogP contribution in [0.5, 0.6) is 0 Å². The van der Waals surface area contributed by atoms with Gasteiger partial charge in [-0.15, -0.1) is 0 Å². The minimum atomic E-state index is -3.50. The quantitative estimate of drug-likeness (QED) is 0.560. The van der Waals surface area contributed by atoms with Gasteiger partial charge in [0.05, 0.1) is 16.5 Å². The van der Waals surface area contributed by atoms with E-state index >= 15 is 0 Å². The monoisotopic (exact) mass is 481 g/mol. The van der Waals surface area contributed by atoms with E-state index in [2.05, 4.69) is 39.6 Å². The number of nitrogens with one attached hydrogen (secondary N) is 1. The summed E-state index contributed by atoms with van der Waals surface area (Å²) in [4.78, 5) is 15.5. The maximum atomic E-state index is 12.9. The average Bonchev–Trinajstić information content (AvgIpc) is 3.09. The molecule has 9 heteroatoms. The van der Waals surface area contributed by atoms with Gasteiger partial charge in [-0.3, -0.25) is 14.4 Å². The van der Waals surface area contributed by atoms with E-state index in [9.17, 15) is 13.2 Å². The number of rotatable bonds is 7. The number of nitrogens with zero attached hydrogens (tertiary/aromatic N) is 4. The first-order valence-electron chi connectivity index (χ1n) is 11.4. The molecule has 0 saturated carbocycles. The Balaban J connectivity index is 1.41. The Hall–Kier alpha value is -3.01. The second-order valence-electron chi connectivity index (χ2n) is 8.86. The fraction of sp³-hybridized carbons (Fsp3) is 0.360. The Morgan fingerprint density at radius 3 is 2.47 bits per heavy atom. The largest absolute Gasteiger partial charge is 0.309 e. The average molecular weight is 482 g/mol. The summed E-state index contributed by atoms with van der Waals surface area (Å²) in [6, 6.07) is 18.8. The molecule has 0 fully saturated rings. The molecule has 0 spiro atoms. The number of amides is 1. The highest BCUT2D eigenvalue weighted by molar-refractivity contribution is 7.89. The summed E-state index contributed by atoms with van der Waals surface area (Å²) >= 11 is 0. The second-order valence-corrected chi connectivity index (χ2v) is 11.0. The first-order chi connectivity index (χ1) is 16.2. The van der Waals surface area contributed by atoms with E-state index in [1.807, 2.05) is 16.8 Å². The number of sulfonamides is 1. The normalized spacial score (nSPS) is 15.5. The molecule has 180 valence electrons. The zero-order chi connectivity index (χ0) is 24.3. The van der Waals surface area contributed by atoms with Crippen molar-refractivity contribution in [2.75, 3.05) is 26.0 Å². The Kier molecular flexibility index (Phi) is 7.16. The van der Waals surface area contributed by atoms with Gasteiger partial charge in [0.1, 0.15) is 0 Å². The van der Waals surface area contributed by atoms with Crippen molar-refractivity contribution >= 4 is 21.7 Å². The number of hydrogen-bond acceptors (Lipinski definition) is 5. The Labute approximate surface area is 201 Å². The molecule has 0 aliphatic carbocycles. The molecule has 2 aromatic carbocycles. The van der Waals surface area contributed by atoms with Gasteiger partial charge in [0.25, 0.3) is 0 Å². The van der Waals surface area contributed by atoms with Crippen molar-refractivity contribution in [1.29, 1.82) is 0 Å². The smallest absolute Gasteiger partial charge is 0.242 e. The van der Waals surface area contributed by atoms with Gasteiger partial charge in [0, 0.05) is 46.3 Å². The first kappa shape index (κ1) is 24.1. The van der Waals surface area contributed by atoms with Crippen LogP contribution in [0.1, 0.15) is 36.1 Å². The van der Waals surface area contributed by atoms with Gasteiger partial charge in [-0.25, -0.2) is 12.7 Å². The van der Waals surface area contributed by atoms with Crippen LogP contribution in [0.25, 0.3) is 0 Å². The molecule has 1 atom stereocenters. The van der Waals surface area contributed by atoms with Gasteiger partial charge < -0.3 is 5.32 Å². The van der Waals surface area contributed by atoms with E-state index in [0.29, 0.717) is 5.82 Å². The summed E-state index contributed by atoms with van der Waals surface area (Å²) in [6.45, 7) is 5.26. The lowest BCUT2D eigenvalue weighted by Crippen LogP contribution is -2.23. The van der Waals surface area contributed by atoms with Gasteiger partial charge >= 0.3 is 0 Å². The van der Waals surface area contributed by atoms with Crippen LogP contribution < -0.4 is 5.32 Å². The third kappa shape index (κ3) is 5.38. The standard InChI is InChI=1S/C25H31N5O3S/c1-19(21-10-12-23(13-11-21)34(32,33)28(2)3)25(31)26-24-16-22-18-29(14-7-15-30(22)27-24)17-20-8-5-4-6-9-20/h4-6,8-13,16,19H,7,14-15,17-18H2,1-3H3,(H,26,27,31). The van der Waals surface area contributed by atoms with Crippen molar-refractivity contribution in [3.05, 3.63) is 77.5 Å². The van der Waals surface area contributed by atoms with Crippen LogP contribution in [0.2, 0.25) is 0 Å². The van der Waals surface area contributed by atoms with Gasteiger partial charge in [0.2, 0.25) is 15.9 Å². The number of anilines is 1. The second kappa shape index (κ2) is 10.1. The van der Waals surface area contributed by atoms with Crippen LogP contribution in [-0.4, -0.2) is 54.0 Å². The van der Waals surface area contributed by atoms with Crippen LogP contribution in [0.3, 0.4) is 0 Å². The fourth-order valence-corrected chi connectivity index (χ4v) is 4.99. The molecule has 1 aliphatic heterocycles. The van der Waals surface area contributed by atoms with E-state index in [1.54, 1.807) is 19.1 Å². The van der Waals surface area contributed by atoms with Crippen LogP contribution in [-0.2, 0) is 34.5 Å². The molecule has 1 aromatic heterocycles. The Bertz CT molecular complexity index is 1240. The molecule has 1 aliphatic rings. The molecule has 0 radical (unpaired) electrons. The number of aromatic nitrogens is 2. The molecule has 3 aromatic rings. The molecular weight excluding hydrogens is 450 g/mol. The maximum Gasteiger partial charge on any atom is 0.242 e. The maximum absolute atomic E-state index is 12.9. The molecule has 34 heavy (non-hydrogen) atoms. The lowest BCUT2D eigenvalue weighted by atomic mass is 10.0. The SMILES string of the molecule is CC(C(=O)Nc1cc2n(n1)CCCN(Cc1ccccc1)C2)c1ccc(S(=O)(=O)N(C)C)cc1. The predicted molar refractivity (Wildman–Crippen MR) is 132 cm³/mol. The molecule has 4 rings (SSSR count). The number of carbonyl (C=O) groups excluding carboxylic acids is 1. The van der Waals surface area contributed by atoms with Gasteiger partial charge in [-0.1, -0.05) is 42.5 Å². The highest BCUT2D eigenvalue weighted by Crippen LogP contribution is 2.23. The number of hydrogen-bond donors (Lipinski definition) is 1. The number of fused-ring (bicyclic) bond motifs is 1. The van der Waals surface area contributed by atoms with Crippen molar-refractivity contribution in [2.24, 2.45) is 0 Å².